The van der Waals surface area contributed by atoms with Crippen LogP contribution in [0.3, 0.4) is 0 Å². The highest BCUT2D eigenvalue weighted by Crippen LogP contribution is 2.18. The highest BCUT2D eigenvalue weighted by molar-refractivity contribution is 7.15. The first-order valence-corrected chi connectivity index (χ1v) is 6.96. The molecule has 3 aromatic rings. The SMILES string of the molecule is Cc1cccc(N)c1C(=O)OCc1cn2ccsc2n1. The van der Waals surface area contributed by atoms with E-state index in [-0.39, 0.29) is 6.61 Å². The van der Waals surface area contributed by atoms with E-state index in [2.05, 4.69) is 4.98 Å². The number of benzene rings is 1. The van der Waals surface area contributed by atoms with Crippen molar-refractivity contribution in [3.05, 3.63) is 52.8 Å². The second kappa shape index (κ2) is 4.97. The van der Waals surface area contributed by atoms with Crippen molar-refractivity contribution < 1.29 is 9.53 Å². The third kappa shape index (κ3) is 2.25. The smallest absolute Gasteiger partial charge is 0.340 e. The van der Waals surface area contributed by atoms with Gasteiger partial charge in [-0.2, -0.15) is 0 Å². The summed E-state index contributed by atoms with van der Waals surface area (Å²) in [5.41, 5.74) is 8.20. The molecule has 2 N–H and O–H groups in total. The van der Waals surface area contributed by atoms with E-state index < -0.39 is 5.97 Å². The molecule has 1 aromatic carbocycles. The molecular formula is C14H13N3O2S. The summed E-state index contributed by atoms with van der Waals surface area (Å²) in [6.45, 7) is 1.97. The molecule has 20 heavy (non-hydrogen) atoms. The van der Waals surface area contributed by atoms with Crippen molar-refractivity contribution in [2.24, 2.45) is 0 Å². The molecule has 0 unspecified atom stereocenters. The van der Waals surface area contributed by atoms with Crippen LogP contribution in [0.1, 0.15) is 21.6 Å². The fraction of sp³-hybridized carbons (Fsp3) is 0.143. The standard InChI is InChI=1S/C14H13N3O2S/c1-9-3-2-4-11(15)12(9)13(18)19-8-10-7-17-5-6-20-14(17)16-10/h2-7H,8,15H2,1H3. The minimum Gasteiger partial charge on any atom is -0.455 e. The Morgan fingerprint density at radius 1 is 1.50 bits per heavy atom. The number of anilines is 1. The van der Waals surface area contributed by atoms with Gasteiger partial charge in [-0.3, -0.25) is 4.40 Å². The predicted octanol–water partition coefficient (Wildman–Crippen LogP) is 2.64. The van der Waals surface area contributed by atoms with Crippen LogP contribution in [0.5, 0.6) is 0 Å². The Balaban J connectivity index is 1.75. The van der Waals surface area contributed by atoms with Gasteiger partial charge in [0, 0.05) is 23.5 Å². The summed E-state index contributed by atoms with van der Waals surface area (Å²) in [4.78, 5) is 17.3. The highest BCUT2D eigenvalue weighted by Gasteiger charge is 2.14. The summed E-state index contributed by atoms with van der Waals surface area (Å²) in [6, 6.07) is 5.33. The average molecular weight is 287 g/mol. The first-order valence-electron chi connectivity index (χ1n) is 6.08. The lowest BCUT2D eigenvalue weighted by molar-refractivity contribution is 0.0469. The lowest BCUT2D eigenvalue weighted by Gasteiger charge is -2.08. The molecule has 5 nitrogen and oxygen atoms in total. The molecule has 0 fully saturated rings. The Hall–Kier alpha value is -2.34. The molecule has 0 saturated heterocycles. The van der Waals surface area contributed by atoms with Crippen LogP contribution in [0.2, 0.25) is 0 Å². The summed E-state index contributed by atoms with van der Waals surface area (Å²) < 4.78 is 7.18. The number of hydrogen-bond acceptors (Lipinski definition) is 5. The number of hydrogen-bond donors (Lipinski definition) is 1. The fourth-order valence-corrected chi connectivity index (χ4v) is 2.75. The molecular weight excluding hydrogens is 274 g/mol. The Morgan fingerprint density at radius 2 is 2.35 bits per heavy atom. The first-order chi connectivity index (χ1) is 9.65. The van der Waals surface area contributed by atoms with Crippen molar-refractivity contribution >= 4 is 28.0 Å². The number of nitrogen functional groups attached to an aromatic ring is 1. The fourth-order valence-electron chi connectivity index (χ4n) is 2.03. The molecule has 2 aromatic heterocycles. The monoisotopic (exact) mass is 287 g/mol. The van der Waals surface area contributed by atoms with Gasteiger partial charge >= 0.3 is 5.97 Å². The van der Waals surface area contributed by atoms with Crippen LogP contribution in [0.25, 0.3) is 4.96 Å². The second-order valence-electron chi connectivity index (χ2n) is 4.44. The van der Waals surface area contributed by atoms with Gasteiger partial charge in [0.15, 0.2) is 4.96 Å². The van der Waals surface area contributed by atoms with Crippen LogP contribution in [-0.4, -0.2) is 15.4 Å². The van der Waals surface area contributed by atoms with Crippen LogP contribution < -0.4 is 5.73 Å². The van der Waals surface area contributed by atoms with Crippen molar-refractivity contribution in [2.75, 3.05) is 5.73 Å². The largest absolute Gasteiger partial charge is 0.455 e. The zero-order valence-electron chi connectivity index (χ0n) is 10.9. The van der Waals surface area contributed by atoms with Gasteiger partial charge in [0.05, 0.1) is 11.3 Å². The molecule has 0 amide bonds. The molecule has 0 radical (unpaired) electrons. The number of esters is 1. The Labute approximate surface area is 119 Å². The number of imidazole rings is 1. The minimum atomic E-state index is -0.419. The van der Waals surface area contributed by atoms with E-state index in [4.69, 9.17) is 10.5 Å². The number of nitrogens with two attached hydrogens (primary N) is 1. The molecule has 0 atom stereocenters. The van der Waals surface area contributed by atoms with Crippen LogP contribution in [0, 0.1) is 6.92 Å². The number of aryl methyl sites for hydroxylation is 1. The van der Waals surface area contributed by atoms with E-state index in [0.717, 1.165) is 16.2 Å². The van der Waals surface area contributed by atoms with Crippen molar-refractivity contribution in [3.63, 3.8) is 0 Å². The number of nitrogens with zero attached hydrogens (tertiary/aromatic N) is 2. The summed E-state index contributed by atoms with van der Waals surface area (Å²) >= 11 is 1.54. The van der Waals surface area contributed by atoms with Gasteiger partial charge in [0.2, 0.25) is 0 Å². The average Bonchev–Trinajstić information content (AvgIpc) is 2.96. The van der Waals surface area contributed by atoms with E-state index in [1.807, 2.05) is 41.2 Å². The molecule has 2 heterocycles. The quantitative estimate of drug-likeness (QED) is 0.594. The van der Waals surface area contributed by atoms with Gasteiger partial charge in [-0.05, 0) is 18.6 Å². The van der Waals surface area contributed by atoms with E-state index in [1.165, 1.54) is 11.3 Å². The molecule has 0 bridgehead atoms. The van der Waals surface area contributed by atoms with Gasteiger partial charge in [-0.1, -0.05) is 12.1 Å². The van der Waals surface area contributed by atoms with Crippen molar-refractivity contribution in [1.29, 1.82) is 0 Å². The van der Waals surface area contributed by atoms with E-state index in [0.29, 0.717) is 11.3 Å². The van der Waals surface area contributed by atoms with Crippen LogP contribution in [0.4, 0.5) is 5.69 Å². The zero-order valence-corrected chi connectivity index (χ0v) is 11.7. The lowest BCUT2D eigenvalue weighted by atomic mass is 10.1. The van der Waals surface area contributed by atoms with Gasteiger partial charge < -0.3 is 10.5 Å². The van der Waals surface area contributed by atoms with Gasteiger partial charge in [-0.25, -0.2) is 9.78 Å². The molecule has 0 saturated carbocycles. The van der Waals surface area contributed by atoms with E-state index in [1.54, 1.807) is 6.07 Å². The number of aromatic nitrogens is 2. The second-order valence-corrected chi connectivity index (χ2v) is 5.31. The Bertz CT molecular complexity index is 727. The maximum atomic E-state index is 12.1. The first kappa shape index (κ1) is 12.7. The van der Waals surface area contributed by atoms with Crippen molar-refractivity contribution in [1.82, 2.24) is 9.38 Å². The molecule has 0 aliphatic rings. The lowest BCUT2D eigenvalue weighted by Crippen LogP contribution is -2.10. The molecule has 0 aliphatic heterocycles. The Morgan fingerprint density at radius 3 is 3.10 bits per heavy atom. The number of fused-ring (bicyclic) bond motifs is 1. The van der Waals surface area contributed by atoms with Crippen LogP contribution in [-0.2, 0) is 11.3 Å². The number of thiazole rings is 1. The highest BCUT2D eigenvalue weighted by atomic mass is 32.1. The number of rotatable bonds is 3. The third-order valence-corrected chi connectivity index (χ3v) is 3.77. The van der Waals surface area contributed by atoms with E-state index in [9.17, 15) is 4.79 Å². The number of carbonyl (C=O) groups excluding carboxylic acids is 1. The number of ether oxygens (including phenoxy) is 1. The van der Waals surface area contributed by atoms with Crippen molar-refractivity contribution in [2.45, 2.75) is 13.5 Å². The van der Waals surface area contributed by atoms with Gasteiger partial charge in [-0.15, -0.1) is 11.3 Å². The normalized spacial score (nSPS) is 10.8. The van der Waals surface area contributed by atoms with E-state index >= 15 is 0 Å². The molecule has 0 spiro atoms. The number of carbonyl (C=O) groups is 1. The molecule has 0 aliphatic carbocycles. The minimum absolute atomic E-state index is 0.140. The maximum absolute atomic E-state index is 12.1. The van der Waals surface area contributed by atoms with Crippen LogP contribution in [0.15, 0.2) is 36.0 Å². The Kier molecular flexibility index (Phi) is 3.15. The summed E-state index contributed by atoms with van der Waals surface area (Å²) in [5, 5.41) is 1.95. The van der Waals surface area contributed by atoms with Crippen molar-refractivity contribution in [3.8, 4) is 0 Å². The van der Waals surface area contributed by atoms with Gasteiger partial charge in [0.1, 0.15) is 6.61 Å². The zero-order chi connectivity index (χ0) is 14.1. The summed E-state index contributed by atoms with van der Waals surface area (Å²) in [6.07, 6.45) is 3.76. The third-order valence-electron chi connectivity index (χ3n) is 3.00. The predicted molar refractivity (Wildman–Crippen MR) is 77.8 cm³/mol. The molecule has 3 rings (SSSR count). The van der Waals surface area contributed by atoms with Crippen LogP contribution >= 0.6 is 11.3 Å². The molecule has 102 valence electrons. The summed E-state index contributed by atoms with van der Waals surface area (Å²) in [7, 11) is 0. The maximum Gasteiger partial charge on any atom is 0.340 e. The summed E-state index contributed by atoms with van der Waals surface area (Å²) in [5.74, 6) is -0.419. The topological polar surface area (TPSA) is 69.6 Å². The van der Waals surface area contributed by atoms with Gasteiger partial charge in [0.25, 0.3) is 0 Å². The molecule has 6 heteroatoms.